The third kappa shape index (κ3) is 4.60. The number of anilines is 2. The molecule has 1 N–H and O–H groups in total. The van der Waals surface area contributed by atoms with Crippen molar-refractivity contribution < 1.29 is 9.59 Å². The van der Waals surface area contributed by atoms with Gasteiger partial charge >= 0.3 is 0 Å². The number of amides is 2. The Kier molecular flexibility index (Phi) is 6.30. The number of benzene rings is 3. The van der Waals surface area contributed by atoms with E-state index in [0.717, 1.165) is 21.0 Å². The quantitative estimate of drug-likeness (QED) is 0.394. The second-order valence-corrected chi connectivity index (χ2v) is 9.17. The third-order valence-corrected chi connectivity index (χ3v) is 6.36. The van der Waals surface area contributed by atoms with Crippen molar-refractivity contribution in [2.24, 2.45) is 0 Å². The Morgan fingerprint density at radius 2 is 1.45 bits per heavy atom. The van der Waals surface area contributed by atoms with Crippen LogP contribution >= 0.6 is 46.6 Å². The summed E-state index contributed by atoms with van der Waals surface area (Å²) in [5, 5.41) is 4.40. The van der Waals surface area contributed by atoms with E-state index < -0.39 is 11.8 Å². The number of nitrogens with one attached hydrogen (secondary N) is 1. The lowest BCUT2D eigenvalue weighted by molar-refractivity contribution is -0.120. The molecule has 0 bridgehead atoms. The molecule has 31 heavy (non-hydrogen) atoms. The highest BCUT2D eigenvalue weighted by molar-refractivity contribution is 8.04. The zero-order chi connectivity index (χ0) is 22.1. The van der Waals surface area contributed by atoms with Gasteiger partial charge in [0.15, 0.2) is 0 Å². The minimum absolute atomic E-state index is 0.190. The number of aryl methyl sites for hydroxylation is 1. The third-order valence-electron chi connectivity index (χ3n) is 4.59. The van der Waals surface area contributed by atoms with Gasteiger partial charge in [0.2, 0.25) is 0 Å². The van der Waals surface area contributed by atoms with Gasteiger partial charge in [0.05, 0.1) is 5.69 Å². The van der Waals surface area contributed by atoms with Crippen molar-refractivity contribution in [1.29, 1.82) is 0 Å². The molecular weight excluding hydrogens is 475 g/mol. The molecule has 0 unspecified atom stereocenters. The van der Waals surface area contributed by atoms with Crippen LogP contribution in [0.4, 0.5) is 11.4 Å². The maximum atomic E-state index is 13.4. The van der Waals surface area contributed by atoms with Crippen molar-refractivity contribution in [2.75, 3.05) is 10.2 Å². The van der Waals surface area contributed by atoms with Gasteiger partial charge in [0, 0.05) is 25.7 Å². The standard InChI is InChI=1S/C23H15Cl3N2O2S/c1-13-4-2-3-5-19(13)27-20-21(31-18-8-6-14(24)7-9-18)23(30)28(22(20)29)17-11-15(25)10-16(26)12-17/h2-12,27H,1H3. The minimum Gasteiger partial charge on any atom is -0.350 e. The molecule has 2 amide bonds. The van der Waals surface area contributed by atoms with E-state index in [9.17, 15) is 9.59 Å². The molecule has 8 heteroatoms. The normalized spacial score (nSPS) is 13.9. The lowest BCUT2D eigenvalue weighted by atomic mass is 10.2. The molecule has 0 saturated heterocycles. The second-order valence-electron chi connectivity index (χ2n) is 6.77. The number of thioether (sulfide) groups is 1. The molecule has 0 atom stereocenters. The highest BCUT2D eigenvalue weighted by Gasteiger charge is 2.40. The van der Waals surface area contributed by atoms with E-state index in [1.807, 2.05) is 31.2 Å². The number of para-hydroxylation sites is 1. The van der Waals surface area contributed by atoms with Crippen LogP contribution in [0.5, 0.6) is 0 Å². The SMILES string of the molecule is Cc1ccccc1NC1=C(Sc2ccc(Cl)cc2)C(=O)N(c2cc(Cl)cc(Cl)c2)C1=O. The van der Waals surface area contributed by atoms with Gasteiger partial charge < -0.3 is 5.32 Å². The number of imide groups is 1. The van der Waals surface area contributed by atoms with Crippen LogP contribution in [0.3, 0.4) is 0 Å². The van der Waals surface area contributed by atoms with Crippen molar-refractivity contribution in [3.8, 4) is 0 Å². The van der Waals surface area contributed by atoms with Gasteiger partial charge in [0.25, 0.3) is 11.8 Å². The average Bonchev–Trinajstić information content (AvgIpc) is 2.94. The largest absolute Gasteiger partial charge is 0.350 e. The van der Waals surface area contributed by atoms with Crippen LogP contribution in [0.25, 0.3) is 0 Å². The molecule has 156 valence electrons. The Morgan fingerprint density at radius 3 is 2.10 bits per heavy atom. The van der Waals surface area contributed by atoms with Gasteiger partial charge in [-0.2, -0.15) is 0 Å². The molecule has 0 aliphatic carbocycles. The molecule has 3 aromatic carbocycles. The van der Waals surface area contributed by atoms with Crippen molar-refractivity contribution in [3.05, 3.63) is 98.0 Å². The van der Waals surface area contributed by atoms with Crippen LogP contribution in [0.1, 0.15) is 5.56 Å². The molecule has 4 rings (SSSR count). The Morgan fingerprint density at radius 1 is 0.806 bits per heavy atom. The molecule has 3 aromatic rings. The predicted molar refractivity (Wildman–Crippen MR) is 128 cm³/mol. The van der Waals surface area contributed by atoms with Gasteiger partial charge in [0.1, 0.15) is 10.6 Å². The molecular formula is C23H15Cl3N2O2S. The number of carbonyl (C=O) groups is 2. The smallest absolute Gasteiger partial charge is 0.283 e. The Bertz CT molecular complexity index is 1210. The Hall–Kier alpha value is -2.44. The van der Waals surface area contributed by atoms with E-state index in [4.69, 9.17) is 34.8 Å². The number of hydrogen-bond donors (Lipinski definition) is 1. The van der Waals surface area contributed by atoms with Crippen LogP contribution in [0.2, 0.25) is 15.1 Å². The van der Waals surface area contributed by atoms with Crippen LogP contribution < -0.4 is 10.2 Å². The number of hydrogen-bond acceptors (Lipinski definition) is 4. The molecule has 0 fully saturated rings. The summed E-state index contributed by atoms with van der Waals surface area (Å²) in [6.07, 6.45) is 0. The van der Waals surface area contributed by atoms with E-state index in [2.05, 4.69) is 5.32 Å². The summed E-state index contributed by atoms with van der Waals surface area (Å²) in [6.45, 7) is 1.92. The van der Waals surface area contributed by atoms with E-state index in [0.29, 0.717) is 20.8 Å². The molecule has 1 aliphatic rings. The summed E-state index contributed by atoms with van der Waals surface area (Å²) < 4.78 is 0. The van der Waals surface area contributed by atoms with Gasteiger partial charge in [-0.05, 0) is 61.0 Å². The van der Waals surface area contributed by atoms with Gasteiger partial charge in [-0.3, -0.25) is 9.59 Å². The number of rotatable bonds is 5. The highest BCUT2D eigenvalue weighted by Crippen LogP contribution is 2.39. The van der Waals surface area contributed by atoms with E-state index in [-0.39, 0.29) is 10.6 Å². The topological polar surface area (TPSA) is 49.4 Å². The summed E-state index contributed by atoms with van der Waals surface area (Å²) in [7, 11) is 0. The van der Waals surface area contributed by atoms with Crippen molar-refractivity contribution in [2.45, 2.75) is 11.8 Å². The molecule has 0 aromatic heterocycles. The molecule has 0 radical (unpaired) electrons. The van der Waals surface area contributed by atoms with E-state index in [1.165, 1.54) is 23.9 Å². The average molecular weight is 490 g/mol. The Balaban J connectivity index is 1.78. The molecule has 1 aliphatic heterocycles. The molecule has 4 nitrogen and oxygen atoms in total. The molecule has 1 heterocycles. The predicted octanol–water partition coefficient (Wildman–Crippen LogP) is 6.94. The number of carbonyl (C=O) groups excluding carboxylic acids is 2. The lowest BCUT2D eigenvalue weighted by Gasteiger charge is -2.16. The van der Waals surface area contributed by atoms with Crippen LogP contribution in [-0.4, -0.2) is 11.8 Å². The minimum atomic E-state index is -0.483. The van der Waals surface area contributed by atoms with Crippen LogP contribution in [-0.2, 0) is 9.59 Å². The molecule has 0 saturated carbocycles. The zero-order valence-electron chi connectivity index (χ0n) is 16.2. The lowest BCUT2D eigenvalue weighted by Crippen LogP contribution is -2.32. The summed E-state index contributed by atoms with van der Waals surface area (Å²) in [6, 6.07) is 19.2. The van der Waals surface area contributed by atoms with E-state index >= 15 is 0 Å². The fourth-order valence-corrected chi connectivity index (χ4v) is 4.65. The van der Waals surface area contributed by atoms with E-state index in [1.54, 1.807) is 30.3 Å². The van der Waals surface area contributed by atoms with Crippen LogP contribution in [0, 0.1) is 6.92 Å². The van der Waals surface area contributed by atoms with Crippen molar-refractivity contribution >= 4 is 69.8 Å². The maximum absolute atomic E-state index is 13.4. The summed E-state index contributed by atoms with van der Waals surface area (Å²) in [5.41, 5.74) is 2.17. The summed E-state index contributed by atoms with van der Waals surface area (Å²) >= 11 is 19.4. The zero-order valence-corrected chi connectivity index (χ0v) is 19.2. The first kappa shape index (κ1) is 21.8. The maximum Gasteiger partial charge on any atom is 0.283 e. The van der Waals surface area contributed by atoms with Crippen LogP contribution in [0.15, 0.2) is 82.2 Å². The van der Waals surface area contributed by atoms with Crippen molar-refractivity contribution in [3.63, 3.8) is 0 Å². The fourth-order valence-electron chi connectivity index (χ4n) is 3.09. The van der Waals surface area contributed by atoms with Gasteiger partial charge in [-0.1, -0.05) is 64.8 Å². The Labute approximate surface area is 198 Å². The number of halogens is 3. The number of nitrogens with zero attached hydrogens (tertiary/aromatic N) is 1. The van der Waals surface area contributed by atoms with Crippen molar-refractivity contribution in [1.82, 2.24) is 0 Å². The van der Waals surface area contributed by atoms with Gasteiger partial charge in [-0.25, -0.2) is 4.90 Å². The highest BCUT2D eigenvalue weighted by atomic mass is 35.5. The summed E-state index contributed by atoms with van der Waals surface area (Å²) in [5.74, 6) is -0.942. The first-order valence-electron chi connectivity index (χ1n) is 9.19. The fraction of sp³-hybridized carbons (Fsp3) is 0.0435. The molecule has 0 spiro atoms. The second kappa shape index (κ2) is 8.97. The van der Waals surface area contributed by atoms with Gasteiger partial charge in [-0.15, -0.1) is 0 Å². The first-order chi connectivity index (χ1) is 14.8. The first-order valence-corrected chi connectivity index (χ1v) is 11.1. The monoisotopic (exact) mass is 488 g/mol. The summed E-state index contributed by atoms with van der Waals surface area (Å²) in [4.78, 5) is 28.9.